The highest BCUT2D eigenvalue weighted by Crippen LogP contribution is 2.21. The zero-order valence-electron chi connectivity index (χ0n) is 16.3. The lowest BCUT2D eigenvalue weighted by atomic mass is 10.0. The number of barbiturate groups is 1. The smallest absolute Gasteiger partial charge is 0.274 e. The van der Waals surface area contributed by atoms with Crippen LogP contribution in [0.15, 0.2) is 73.8 Å². The van der Waals surface area contributed by atoms with Gasteiger partial charge < -0.3 is 0 Å². The predicted molar refractivity (Wildman–Crippen MR) is 114 cm³/mol. The molecule has 1 saturated heterocycles. The molecule has 29 heavy (non-hydrogen) atoms. The summed E-state index contributed by atoms with van der Waals surface area (Å²) in [4.78, 5) is 39.7. The van der Waals surface area contributed by atoms with Gasteiger partial charge in [0, 0.05) is 13.1 Å². The molecule has 0 unspecified atom stereocenters. The van der Waals surface area contributed by atoms with Crippen LogP contribution in [0.5, 0.6) is 0 Å². The van der Waals surface area contributed by atoms with Crippen LogP contribution < -0.4 is 0 Å². The van der Waals surface area contributed by atoms with Crippen LogP contribution in [0, 0.1) is 0 Å². The van der Waals surface area contributed by atoms with Crippen molar-refractivity contribution in [3.63, 3.8) is 0 Å². The molecule has 0 atom stereocenters. The number of rotatable bonds is 8. The van der Waals surface area contributed by atoms with E-state index < -0.39 is 17.8 Å². The summed E-state index contributed by atoms with van der Waals surface area (Å²) in [5.74, 6) is -0.919. The molecular formula is C24H24N2O3. The summed E-state index contributed by atoms with van der Waals surface area (Å²) >= 11 is 0. The molecule has 5 nitrogen and oxygen atoms in total. The summed E-state index contributed by atoms with van der Waals surface area (Å²) in [6.45, 7) is 8.50. The highest BCUT2D eigenvalue weighted by atomic mass is 16.2. The number of nitrogens with zero attached hydrogens (tertiary/aromatic N) is 2. The first-order chi connectivity index (χ1) is 14.0. The second-order valence-electron chi connectivity index (χ2n) is 6.99. The van der Waals surface area contributed by atoms with Gasteiger partial charge in [-0.2, -0.15) is 0 Å². The monoisotopic (exact) mass is 388 g/mol. The number of hydrogen-bond donors (Lipinski definition) is 0. The van der Waals surface area contributed by atoms with Gasteiger partial charge in [-0.25, -0.2) is 4.79 Å². The minimum atomic E-state index is -0.562. The Balaban J connectivity index is 1.61. The summed E-state index contributed by atoms with van der Waals surface area (Å²) in [5, 5.41) is 0. The zero-order valence-corrected chi connectivity index (χ0v) is 16.3. The van der Waals surface area contributed by atoms with E-state index >= 15 is 0 Å². The van der Waals surface area contributed by atoms with Crippen molar-refractivity contribution in [1.82, 2.24) is 9.80 Å². The Morgan fingerprint density at radius 1 is 0.690 bits per heavy atom. The number of carbonyl (C=O) groups excluding carboxylic acids is 3. The fourth-order valence-electron chi connectivity index (χ4n) is 3.25. The number of imide groups is 2. The van der Waals surface area contributed by atoms with E-state index in [1.54, 1.807) is 0 Å². The van der Waals surface area contributed by atoms with Gasteiger partial charge in [-0.3, -0.25) is 19.4 Å². The highest BCUT2D eigenvalue weighted by Gasteiger charge is 2.37. The molecule has 2 aromatic carbocycles. The maximum absolute atomic E-state index is 12.8. The second-order valence-corrected chi connectivity index (χ2v) is 6.99. The van der Waals surface area contributed by atoms with E-state index in [0.717, 1.165) is 32.1 Å². The number of urea groups is 1. The standard InChI is InChI=1S/C24H24N2O3/c1-18(20-9-5-3-6-10-20)13-15-25-22(27)17-23(28)26(24(25)29)16-14-19(2)21-11-7-4-8-12-21/h3-12H,1-2,13-17H2. The van der Waals surface area contributed by atoms with Crippen molar-refractivity contribution in [3.8, 4) is 0 Å². The summed E-state index contributed by atoms with van der Waals surface area (Å²) in [7, 11) is 0. The van der Waals surface area contributed by atoms with Gasteiger partial charge in [-0.15, -0.1) is 0 Å². The highest BCUT2D eigenvalue weighted by molar-refractivity contribution is 6.14. The minimum absolute atomic E-state index is 0.203. The quantitative estimate of drug-likeness (QED) is 0.631. The first-order valence-corrected chi connectivity index (χ1v) is 9.58. The summed E-state index contributed by atoms with van der Waals surface area (Å²) < 4.78 is 0. The van der Waals surface area contributed by atoms with Crippen LogP contribution in [0.1, 0.15) is 30.4 Å². The van der Waals surface area contributed by atoms with Crippen molar-refractivity contribution in [1.29, 1.82) is 0 Å². The van der Waals surface area contributed by atoms with Crippen LogP contribution in [-0.4, -0.2) is 40.7 Å². The zero-order chi connectivity index (χ0) is 20.8. The van der Waals surface area contributed by atoms with Gasteiger partial charge in [0.05, 0.1) is 0 Å². The lowest BCUT2D eigenvalue weighted by Gasteiger charge is -2.33. The number of hydrogen-bond acceptors (Lipinski definition) is 3. The van der Waals surface area contributed by atoms with Gasteiger partial charge in [0.2, 0.25) is 11.8 Å². The molecule has 5 heteroatoms. The first kappa shape index (κ1) is 20.3. The molecule has 1 aliphatic heterocycles. The Bertz CT molecular complexity index is 860. The molecule has 3 rings (SSSR count). The Morgan fingerprint density at radius 2 is 1.07 bits per heavy atom. The Labute approximate surface area is 170 Å². The molecule has 1 fully saturated rings. The van der Waals surface area contributed by atoms with Crippen molar-refractivity contribution in [2.75, 3.05) is 13.1 Å². The third-order valence-corrected chi connectivity index (χ3v) is 5.00. The molecule has 0 N–H and O–H groups in total. The fraction of sp³-hybridized carbons (Fsp3) is 0.208. The van der Waals surface area contributed by atoms with Gasteiger partial charge in [0.1, 0.15) is 6.42 Å². The topological polar surface area (TPSA) is 57.7 Å². The van der Waals surface area contributed by atoms with Gasteiger partial charge in [0.15, 0.2) is 0 Å². The maximum atomic E-state index is 12.8. The SMILES string of the molecule is C=C(CCN1C(=O)CC(=O)N(CCC(=C)c2ccccc2)C1=O)c1ccccc1. The second kappa shape index (κ2) is 9.15. The van der Waals surface area contributed by atoms with Crippen LogP contribution in [0.4, 0.5) is 4.79 Å². The Kier molecular flexibility index (Phi) is 6.39. The van der Waals surface area contributed by atoms with Crippen molar-refractivity contribution in [3.05, 3.63) is 84.9 Å². The summed E-state index contributed by atoms with van der Waals surface area (Å²) in [5.41, 5.74) is 3.62. The van der Waals surface area contributed by atoms with E-state index in [1.165, 1.54) is 0 Å². The molecule has 0 aromatic heterocycles. The Morgan fingerprint density at radius 3 is 1.45 bits per heavy atom. The lowest BCUT2D eigenvalue weighted by Crippen LogP contribution is -2.55. The van der Waals surface area contributed by atoms with Crippen LogP contribution in [-0.2, 0) is 9.59 Å². The number of benzene rings is 2. The van der Waals surface area contributed by atoms with E-state index in [-0.39, 0.29) is 19.5 Å². The first-order valence-electron chi connectivity index (χ1n) is 9.58. The van der Waals surface area contributed by atoms with Crippen LogP contribution in [0.3, 0.4) is 0 Å². The largest absolute Gasteiger partial charge is 0.333 e. The van der Waals surface area contributed by atoms with Gasteiger partial charge >= 0.3 is 6.03 Å². The third kappa shape index (κ3) is 4.88. The molecule has 0 bridgehead atoms. The third-order valence-electron chi connectivity index (χ3n) is 5.00. The van der Waals surface area contributed by atoms with Gasteiger partial charge in [-0.05, 0) is 35.1 Å². The summed E-state index contributed by atoms with van der Waals surface area (Å²) in [6, 6.07) is 18.7. The molecule has 0 radical (unpaired) electrons. The van der Waals surface area contributed by atoms with Crippen molar-refractivity contribution in [2.24, 2.45) is 0 Å². The molecule has 148 valence electrons. The van der Waals surface area contributed by atoms with E-state index in [1.807, 2.05) is 60.7 Å². The lowest BCUT2D eigenvalue weighted by molar-refractivity contribution is -0.142. The maximum Gasteiger partial charge on any atom is 0.333 e. The van der Waals surface area contributed by atoms with Crippen LogP contribution >= 0.6 is 0 Å². The normalized spacial score (nSPS) is 14.3. The molecule has 1 aliphatic rings. The number of amides is 4. The molecular weight excluding hydrogens is 364 g/mol. The van der Waals surface area contributed by atoms with E-state index in [2.05, 4.69) is 13.2 Å². The molecule has 2 aromatic rings. The van der Waals surface area contributed by atoms with Gasteiger partial charge in [0.25, 0.3) is 0 Å². The van der Waals surface area contributed by atoms with Crippen molar-refractivity contribution >= 4 is 29.0 Å². The minimum Gasteiger partial charge on any atom is -0.274 e. The van der Waals surface area contributed by atoms with E-state index in [4.69, 9.17) is 0 Å². The molecule has 4 amide bonds. The molecule has 1 heterocycles. The Hall–Kier alpha value is -3.47. The summed E-state index contributed by atoms with van der Waals surface area (Å²) in [6.07, 6.45) is 0.627. The number of carbonyl (C=O) groups is 3. The predicted octanol–water partition coefficient (Wildman–Crippen LogP) is 4.37. The fourth-order valence-corrected chi connectivity index (χ4v) is 3.25. The van der Waals surface area contributed by atoms with Crippen molar-refractivity contribution in [2.45, 2.75) is 19.3 Å². The molecule has 0 aliphatic carbocycles. The average Bonchev–Trinajstić information content (AvgIpc) is 2.74. The van der Waals surface area contributed by atoms with E-state index in [0.29, 0.717) is 12.8 Å². The molecule has 0 spiro atoms. The van der Waals surface area contributed by atoms with Crippen LogP contribution in [0.25, 0.3) is 11.1 Å². The van der Waals surface area contributed by atoms with Crippen molar-refractivity contribution < 1.29 is 14.4 Å². The van der Waals surface area contributed by atoms with Crippen LogP contribution in [0.2, 0.25) is 0 Å². The molecule has 0 saturated carbocycles. The average molecular weight is 388 g/mol. The van der Waals surface area contributed by atoms with E-state index in [9.17, 15) is 14.4 Å². The van der Waals surface area contributed by atoms with Gasteiger partial charge in [-0.1, -0.05) is 73.8 Å².